The van der Waals surface area contributed by atoms with Crippen molar-refractivity contribution in [1.29, 1.82) is 0 Å². The van der Waals surface area contributed by atoms with Crippen molar-refractivity contribution in [3.8, 4) is 0 Å². The van der Waals surface area contributed by atoms with Gasteiger partial charge < -0.3 is 10.4 Å². The summed E-state index contributed by atoms with van der Waals surface area (Å²) in [6.45, 7) is 2.17. The molecule has 0 aromatic rings. The van der Waals surface area contributed by atoms with Gasteiger partial charge in [-0.2, -0.15) is 11.8 Å². The van der Waals surface area contributed by atoms with Crippen LogP contribution in [0.4, 0.5) is 0 Å². The van der Waals surface area contributed by atoms with E-state index in [-0.39, 0.29) is 12.3 Å². The Labute approximate surface area is 113 Å². The van der Waals surface area contributed by atoms with Crippen molar-refractivity contribution in [2.75, 3.05) is 5.75 Å². The molecule has 1 amide bonds. The van der Waals surface area contributed by atoms with Crippen LogP contribution in [0.3, 0.4) is 0 Å². The predicted octanol–water partition coefficient (Wildman–Crippen LogP) is 2.42. The van der Waals surface area contributed by atoms with Gasteiger partial charge in [-0.3, -0.25) is 9.59 Å². The molecule has 0 heterocycles. The smallest absolute Gasteiger partial charge is 0.303 e. The minimum absolute atomic E-state index is 0.0764. The van der Waals surface area contributed by atoms with E-state index in [1.54, 1.807) is 0 Å². The minimum atomic E-state index is -0.786. The molecular weight excluding hydrogens is 250 g/mol. The lowest BCUT2D eigenvalue weighted by atomic mass is 10.1. The van der Waals surface area contributed by atoms with E-state index in [0.29, 0.717) is 30.6 Å². The van der Waals surface area contributed by atoms with Crippen LogP contribution >= 0.6 is 11.8 Å². The van der Waals surface area contributed by atoms with Crippen LogP contribution in [0.5, 0.6) is 0 Å². The lowest BCUT2D eigenvalue weighted by Crippen LogP contribution is -2.32. The number of carbonyl (C=O) groups excluding carboxylic acids is 1. The van der Waals surface area contributed by atoms with Crippen molar-refractivity contribution in [3.63, 3.8) is 0 Å². The van der Waals surface area contributed by atoms with Crippen molar-refractivity contribution in [2.45, 2.75) is 63.2 Å². The average molecular weight is 273 g/mol. The number of carbonyl (C=O) groups is 2. The molecule has 1 aliphatic carbocycles. The summed E-state index contributed by atoms with van der Waals surface area (Å²) < 4.78 is 0. The summed E-state index contributed by atoms with van der Waals surface area (Å²) in [5.74, 6) is 0.429. The second-order valence-electron chi connectivity index (χ2n) is 4.76. The molecule has 104 valence electrons. The fourth-order valence-electron chi connectivity index (χ4n) is 2.32. The second kappa shape index (κ2) is 8.40. The van der Waals surface area contributed by atoms with E-state index in [0.717, 1.165) is 18.6 Å². The van der Waals surface area contributed by atoms with Crippen LogP contribution in [-0.4, -0.2) is 34.0 Å². The zero-order chi connectivity index (χ0) is 13.4. The number of carboxylic acid groups (broad SMARTS) is 1. The number of carboxylic acids is 1. The zero-order valence-electron chi connectivity index (χ0n) is 11.0. The lowest BCUT2D eigenvalue weighted by Gasteiger charge is -2.13. The summed E-state index contributed by atoms with van der Waals surface area (Å²) in [4.78, 5) is 22.0. The highest BCUT2D eigenvalue weighted by atomic mass is 32.2. The van der Waals surface area contributed by atoms with E-state index < -0.39 is 5.97 Å². The van der Waals surface area contributed by atoms with Crippen LogP contribution in [0, 0.1) is 0 Å². The Hall–Kier alpha value is -0.710. The van der Waals surface area contributed by atoms with E-state index >= 15 is 0 Å². The number of rotatable bonds is 8. The highest BCUT2D eigenvalue weighted by molar-refractivity contribution is 7.99. The summed E-state index contributed by atoms with van der Waals surface area (Å²) in [7, 11) is 0. The van der Waals surface area contributed by atoms with Gasteiger partial charge in [-0.15, -0.1) is 0 Å². The first-order valence-corrected chi connectivity index (χ1v) is 7.79. The molecule has 1 aliphatic rings. The number of aliphatic carboxylic acids is 1. The second-order valence-corrected chi connectivity index (χ2v) is 6.33. The van der Waals surface area contributed by atoms with Crippen molar-refractivity contribution >= 4 is 23.6 Å². The standard InChI is InChI=1S/C13H23NO3S/c1-2-18-11-8-7-10(9-11)14-12(15)5-3-4-6-13(16)17/h10-11H,2-9H2,1H3,(H,14,15)(H,16,17). The van der Waals surface area contributed by atoms with Gasteiger partial charge in [0.2, 0.25) is 5.91 Å². The van der Waals surface area contributed by atoms with Gasteiger partial charge in [0.05, 0.1) is 0 Å². The summed E-state index contributed by atoms with van der Waals surface area (Å²) in [6, 6.07) is 0.334. The van der Waals surface area contributed by atoms with Gasteiger partial charge >= 0.3 is 5.97 Å². The van der Waals surface area contributed by atoms with Gasteiger partial charge in [0, 0.05) is 24.1 Å². The maximum atomic E-state index is 11.6. The molecule has 0 saturated heterocycles. The number of unbranched alkanes of at least 4 members (excludes halogenated alkanes) is 1. The normalized spacial score (nSPS) is 22.9. The fourth-order valence-corrected chi connectivity index (χ4v) is 3.46. The summed E-state index contributed by atoms with van der Waals surface area (Å²) in [5.41, 5.74) is 0. The largest absolute Gasteiger partial charge is 0.481 e. The average Bonchev–Trinajstić information content (AvgIpc) is 2.72. The Balaban J connectivity index is 2.08. The molecule has 2 N–H and O–H groups in total. The van der Waals surface area contributed by atoms with Crippen molar-refractivity contribution in [2.24, 2.45) is 0 Å². The number of hydrogen-bond acceptors (Lipinski definition) is 3. The van der Waals surface area contributed by atoms with Crippen molar-refractivity contribution in [1.82, 2.24) is 5.32 Å². The van der Waals surface area contributed by atoms with Crippen LogP contribution < -0.4 is 5.32 Å². The van der Waals surface area contributed by atoms with Crippen molar-refractivity contribution < 1.29 is 14.7 Å². The van der Waals surface area contributed by atoms with Gasteiger partial charge in [-0.05, 0) is 37.9 Å². The SMILES string of the molecule is CCSC1CCC(NC(=O)CCCCC(=O)O)C1. The molecule has 5 heteroatoms. The van der Waals surface area contributed by atoms with E-state index in [2.05, 4.69) is 12.2 Å². The number of nitrogens with one attached hydrogen (secondary N) is 1. The third kappa shape index (κ3) is 6.28. The van der Waals surface area contributed by atoms with E-state index in [4.69, 9.17) is 5.11 Å². The Morgan fingerprint density at radius 2 is 2.00 bits per heavy atom. The molecule has 18 heavy (non-hydrogen) atoms. The predicted molar refractivity (Wildman–Crippen MR) is 73.8 cm³/mol. The first-order valence-electron chi connectivity index (χ1n) is 6.74. The van der Waals surface area contributed by atoms with Crippen LogP contribution in [-0.2, 0) is 9.59 Å². The highest BCUT2D eigenvalue weighted by Gasteiger charge is 2.25. The Bertz CT molecular complexity index is 283. The summed E-state index contributed by atoms with van der Waals surface area (Å²) in [5, 5.41) is 12.2. The summed E-state index contributed by atoms with van der Waals surface area (Å²) >= 11 is 1.98. The van der Waals surface area contributed by atoms with Gasteiger partial charge in [-0.1, -0.05) is 6.92 Å². The Morgan fingerprint density at radius 3 is 2.67 bits per heavy atom. The van der Waals surface area contributed by atoms with Crippen LogP contribution in [0.15, 0.2) is 0 Å². The molecule has 0 aromatic heterocycles. The molecule has 4 nitrogen and oxygen atoms in total. The molecule has 1 rings (SSSR count). The van der Waals surface area contributed by atoms with Gasteiger partial charge in [0.15, 0.2) is 0 Å². The summed E-state index contributed by atoms with van der Waals surface area (Å²) in [6.07, 6.45) is 5.22. The lowest BCUT2D eigenvalue weighted by molar-refractivity contribution is -0.137. The van der Waals surface area contributed by atoms with Crippen LogP contribution in [0.1, 0.15) is 51.9 Å². The quantitative estimate of drug-likeness (QED) is 0.667. The number of hydrogen-bond donors (Lipinski definition) is 2. The van der Waals surface area contributed by atoms with Crippen molar-refractivity contribution in [3.05, 3.63) is 0 Å². The molecule has 2 atom stereocenters. The maximum Gasteiger partial charge on any atom is 0.303 e. The van der Waals surface area contributed by atoms with Gasteiger partial charge in [0.1, 0.15) is 0 Å². The molecule has 1 fully saturated rings. The topological polar surface area (TPSA) is 66.4 Å². The van der Waals surface area contributed by atoms with E-state index in [1.807, 2.05) is 11.8 Å². The Morgan fingerprint density at radius 1 is 1.28 bits per heavy atom. The third-order valence-corrected chi connectivity index (χ3v) is 4.43. The minimum Gasteiger partial charge on any atom is -0.481 e. The molecule has 0 bridgehead atoms. The van der Waals surface area contributed by atoms with Gasteiger partial charge in [-0.25, -0.2) is 0 Å². The first kappa shape index (κ1) is 15.3. The fraction of sp³-hybridized carbons (Fsp3) is 0.846. The third-order valence-electron chi connectivity index (χ3n) is 3.20. The monoisotopic (exact) mass is 273 g/mol. The van der Waals surface area contributed by atoms with E-state index in [9.17, 15) is 9.59 Å². The molecule has 0 aliphatic heterocycles. The molecule has 0 radical (unpaired) electrons. The van der Waals surface area contributed by atoms with E-state index in [1.165, 1.54) is 6.42 Å². The molecule has 2 unspecified atom stereocenters. The highest BCUT2D eigenvalue weighted by Crippen LogP contribution is 2.29. The van der Waals surface area contributed by atoms with Crippen LogP contribution in [0.2, 0.25) is 0 Å². The van der Waals surface area contributed by atoms with Gasteiger partial charge in [0.25, 0.3) is 0 Å². The Kier molecular flexibility index (Phi) is 7.16. The van der Waals surface area contributed by atoms with Crippen LogP contribution in [0.25, 0.3) is 0 Å². The maximum absolute atomic E-state index is 11.6. The zero-order valence-corrected chi connectivity index (χ0v) is 11.8. The number of amides is 1. The number of thioether (sulfide) groups is 1. The molecule has 0 aromatic carbocycles. The molecule has 1 saturated carbocycles. The molecular formula is C13H23NO3S. The molecule has 0 spiro atoms. The first-order chi connectivity index (χ1) is 8.61.